The van der Waals surface area contributed by atoms with E-state index in [9.17, 15) is 18.3 Å². The molecule has 27 heavy (non-hydrogen) atoms. The number of hydrogen-bond donors (Lipinski definition) is 3. The van der Waals surface area contributed by atoms with Crippen molar-refractivity contribution in [1.82, 2.24) is 0 Å². The maximum atomic E-state index is 13.8. The molecule has 2 atom stereocenters. The van der Waals surface area contributed by atoms with E-state index < -0.39 is 23.8 Å². The standard InChI is InChI=1S/C19H17Cl2F3N2O/c20-13-6-12(7-14(21)8-13)18(27,19(22,23)24)9-17(26)11-1-3-15-10(5-11)2-4-16(15)25/h1,3,5-8,16,26-27H,2,4,9,25H2. The molecule has 3 nitrogen and oxygen atoms in total. The Balaban J connectivity index is 1.97. The van der Waals surface area contributed by atoms with Crippen molar-refractivity contribution in [1.29, 1.82) is 5.41 Å². The van der Waals surface area contributed by atoms with Gasteiger partial charge in [-0.15, -0.1) is 0 Å². The highest BCUT2D eigenvalue weighted by molar-refractivity contribution is 6.34. The SMILES string of the molecule is N=C(CC(O)(c1cc(Cl)cc(Cl)c1)C(F)(F)F)c1ccc2c(c1)CCC2N. The first-order valence-electron chi connectivity index (χ1n) is 8.23. The van der Waals surface area contributed by atoms with Crippen molar-refractivity contribution in [2.75, 3.05) is 0 Å². The Labute approximate surface area is 164 Å². The fraction of sp³-hybridized carbons (Fsp3) is 0.316. The minimum Gasteiger partial charge on any atom is -0.376 e. The summed E-state index contributed by atoms with van der Waals surface area (Å²) in [7, 11) is 0. The van der Waals surface area contributed by atoms with E-state index in [0.29, 0.717) is 12.0 Å². The highest BCUT2D eigenvalue weighted by Gasteiger charge is 2.55. The fourth-order valence-electron chi connectivity index (χ4n) is 3.35. The lowest BCUT2D eigenvalue weighted by atomic mass is 9.85. The van der Waals surface area contributed by atoms with Crippen molar-refractivity contribution < 1.29 is 18.3 Å². The highest BCUT2D eigenvalue weighted by atomic mass is 35.5. The summed E-state index contributed by atoms with van der Waals surface area (Å²) in [6.07, 6.45) is -4.50. The van der Waals surface area contributed by atoms with Gasteiger partial charge < -0.3 is 16.2 Å². The molecule has 0 fully saturated rings. The molecule has 3 rings (SSSR count). The maximum absolute atomic E-state index is 13.8. The van der Waals surface area contributed by atoms with Crippen molar-refractivity contribution in [3.8, 4) is 0 Å². The van der Waals surface area contributed by atoms with Crippen LogP contribution in [0, 0.1) is 5.41 Å². The maximum Gasteiger partial charge on any atom is 0.421 e. The quantitative estimate of drug-likeness (QED) is 0.603. The lowest BCUT2D eigenvalue weighted by Crippen LogP contribution is -2.44. The minimum atomic E-state index is -5.02. The van der Waals surface area contributed by atoms with Gasteiger partial charge in [-0.05, 0) is 59.4 Å². The first-order valence-corrected chi connectivity index (χ1v) is 8.99. The molecule has 2 aromatic carbocycles. The number of hydrogen-bond acceptors (Lipinski definition) is 3. The predicted octanol–water partition coefficient (Wildman–Crippen LogP) is 5.15. The molecule has 0 heterocycles. The normalized spacial score (nSPS) is 18.9. The van der Waals surface area contributed by atoms with Crippen LogP contribution in [0.5, 0.6) is 0 Å². The molecule has 8 heteroatoms. The Morgan fingerprint density at radius 3 is 2.37 bits per heavy atom. The smallest absolute Gasteiger partial charge is 0.376 e. The third-order valence-corrected chi connectivity index (χ3v) is 5.29. The second-order valence-electron chi connectivity index (χ2n) is 6.73. The van der Waals surface area contributed by atoms with Crippen molar-refractivity contribution in [2.24, 2.45) is 5.73 Å². The summed E-state index contributed by atoms with van der Waals surface area (Å²) < 4.78 is 41.3. The molecule has 0 amide bonds. The Bertz CT molecular complexity index is 881. The van der Waals surface area contributed by atoms with Gasteiger partial charge in [0.1, 0.15) is 0 Å². The van der Waals surface area contributed by atoms with Gasteiger partial charge in [0, 0.05) is 28.2 Å². The summed E-state index contributed by atoms with van der Waals surface area (Å²) in [6.45, 7) is 0. The topological polar surface area (TPSA) is 70.1 Å². The molecule has 0 aliphatic heterocycles. The Morgan fingerprint density at radius 2 is 1.78 bits per heavy atom. The van der Waals surface area contributed by atoms with Crippen LogP contribution in [-0.4, -0.2) is 17.0 Å². The molecule has 4 N–H and O–H groups in total. The monoisotopic (exact) mass is 416 g/mol. The van der Waals surface area contributed by atoms with Gasteiger partial charge in [-0.2, -0.15) is 13.2 Å². The van der Waals surface area contributed by atoms with E-state index in [2.05, 4.69) is 0 Å². The number of rotatable bonds is 4. The number of alkyl halides is 3. The van der Waals surface area contributed by atoms with Gasteiger partial charge in [0.25, 0.3) is 0 Å². The Morgan fingerprint density at radius 1 is 1.15 bits per heavy atom. The Hall–Kier alpha value is -1.60. The predicted molar refractivity (Wildman–Crippen MR) is 99.6 cm³/mol. The summed E-state index contributed by atoms with van der Waals surface area (Å²) in [6, 6.07) is 8.17. The van der Waals surface area contributed by atoms with E-state index in [1.54, 1.807) is 18.2 Å². The van der Waals surface area contributed by atoms with Gasteiger partial charge >= 0.3 is 6.18 Å². The van der Waals surface area contributed by atoms with Crippen LogP contribution in [0.3, 0.4) is 0 Å². The molecule has 0 spiro atoms. The summed E-state index contributed by atoms with van der Waals surface area (Å²) in [5, 5.41) is 18.7. The fourth-order valence-corrected chi connectivity index (χ4v) is 3.88. The van der Waals surface area contributed by atoms with Gasteiger partial charge in [-0.25, -0.2) is 0 Å². The van der Waals surface area contributed by atoms with Crippen LogP contribution in [-0.2, 0) is 12.0 Å². The lowest BCUT2D eigenvalue weighted by molar-refractivity contribution is -0.263. The second kappa shape index (κ2) is 7.09. The van der Waals surface area contributed by atoms with Crippen molar-refractivity contribution in [3.05, 3.63) is 68.7 Å². The summed E-state index contributed by atoms with van der Waals surface area (Å²) in [5.74, 6) is 0. The van der Waals surface area contributed by atoms with E-state index >= 15 is 0 Å². The van der Waals surface area contributed by atoms with E-state index in [0.717, 1.165) is 29.7 Å². The molecule has 0 aromatic heterocycles. The molecular weight excluding hydrogens is 400 g/mol. The largest absolute Gasteiger partial charge is 0.421 e. The van der Waals surface area contributed by atoms with Gasteiger partial charge in [0.15, 0.2) is 5.60 Å². The minimum absolute atomic E-state index is 0.0294. The molecule has 1 aliphatic rings. The van der Waals surface area contributed by atoms with E-state index in [4.69, 9.17) is 34.3 Å². The van der Waals surface area contributed by atoms with Crippen molar-refractivity contribution in [2.45, 2.75) is 37.1 Å². The van der Waals surface area contributed by atoms with Crippen LogP contribution in [0.15, 0.2) is 36.4 Å². The zero-order chi connectivity index (χ0) is 20.0. The van der Waals surface area contributed by atoms with Gasteiger partial charge in [0.05, 0.1) is 0 Å². The molecule has 0 saturated heterocycles. The average Bonchev–Trinajstić information content (AvgIpc) is 2.93. The number of aryl methyl sites for hydroxylation is 1. The summed E-state index contributed by atoms with van der Waals surface area (Å²) in [5.41, 5.74) is 4.03. The molecule has 1 aliphatic carbocycles. The van der Waals surface area contributed by atoms with Gasteiger partial charge in [-0.1, -0.05) is 35.3 Å². The zero-order valence-electron chi connectivity index (χ0n) is 14.1. The van der Waals surface area contributed by atoms with E-state index in [-0.39, 0.29) is 21.8 Å². The van der Waals surface area contributed by atoms with Crippen LogP contribution in [0.4, 0.5) is 13.2 Å². The first-order chi connectivity index (χ1) is 12.5. The molecule has 0 saturated carbocycles. The number of halogens is 5. The molecular formula is C19H17Cl2F3N2O. The molecule has 144 valence electrons. The van der Waals surface area contributed by atoms with E-state index in [1.165, 1.54) is 6.07 Å². The second-order valence-corrected chi connectivity index (χ2v) is 7.60. The van der Waals surface area contributed by atoms with E-state index in [1.807, 2.05) is 0 Å². The molecule has 2 unspecified atom stereocenters. The Kier molecular flexibility index (Phi) is 5.29. The van der Waals surface area contributed by atoms with Gasteiger partial charge in [-0.3, -0.25) is 0 Å². The van der Waals surface area contributed by atoms with Crippen LogP contribution >= 0.6 is 23.2 Å². The van der Waals surface area contributed by atoms with Crippen LogP contribution in [0.2, 0.25) is 10.0 Å². The lowest BCUT2D eigenvalue weighted by Gasteiger charge is -2.31. The number of aliphatic hydroxyl groups is 1. The molecule has 2 aromatic rings. The van der Waals surface area contributed by atoms with Crippen molar-refractivity contribution in [3.63, 3.8) is 0 Å². The van der Waals surface area contributed by atoms with Crippen LogP contribution < -0.4 is 5.73 Å². The number of benzene rings is 2. The first kappa shape index (κ1) is 20.1. The average molecular weight is 417 g/mol. The number of fused-ring (bicyclic) bond motifs is 1. The summed E-state index contributed by atoms with van der Waals surface area (Å²) in [4.78, 5) is 0. The third-order valence-electron chi connectivity index (χ3n) is 4.86. The molecule has 0 bridgehead atoms. The van der Waals surface area contributed by atoms with Crippen LogP contribution in [0.25, 0.3) is 0 Å². The van der Waals surface area contributed by atoms with Crippen LogP contribution in [0.1, 0.15) is 41.1 Å². The van der Waals surface area contributed by atoms with Crippen molar-refractivity contribution >= 4 is 28.9 Å². The molecule has 0 radical (unpaired) electrons. The third kappa shape index (κ3) is 3.85. The van der Waals surface area contributed by atoms with Gasteiger partial charge in [0.2, 0.25) is 0 Å². The highest BCUT2D eigenvalue weighted by Crippen LogP contribution is 2.44. The number of nitrogens with one attached hydrogen (secondary N) is 1. The summed E-state index contributed by atoms with van der Waals surface area (Å²) >= 11 is 11.6. The zero-order valence-corrected chi connectivity index (χ0v) is 15.6. The number of nitrogens with two attached hydrogens (primary N) is 1.